The van der Waals surface area contributed by atoms with Crippen molar-refractivity contribution in [1.29, 1.82) is 0 Å². The highest BCUT2D eigenvalue weighted by molar-refractivity contribution is 6.07. The number of rotatable bonds is 3. The van der Waals surface area contributed by atoms with E-state index in [4.69, 9.17) is 0 Å². The summed E-state index contributed by atoms with van der Waals surface area (Å²) < 4.78 is 28.8. The largest absolute Gasteiger partial charge is 0.508 e. The minimum Gasteiger partial charge on any atom is -0.508 e. The normalized spacial score (nSPS) is 16.8. The van der Waals surface area contributed by atoms with Crippen LogP contribution in [0.2, 0.25) is 0 Å². The summed E-state index contributed by atoms with van der Waals surface area (Å²) in [5, 5.41) is 21.8. The number of nitrogens with zero attached hydrogens (tertiary/aromatic N) is 1. The number of aromatic nitrogens is 2. The lowest BCUT2D eigenvalue weighted by molar-refractivity contribution is -0.121. The first-order valence-electron chi connectivity index (χ1n) is 8.76. The van der Waals surface area contributed by atoms with Crippen LogP contribution in [0, 0.1) is 11.6 Å². The van der Waals surface area contributed by atoms with E-state index in [1.54, 1.807) is 0 Å². The SMILES string of the molecule is CC1=C(C(=O)Nc2cc3cn[nH]c3cc2F)C(c2cc(O)ccc2F)CC(=O)N1. The molecule has 1 aliphatic heterocycles. The van der Waals surface area contributed by atoms with Crippen LogP contribution in [0.15, 0.2) is 47.8 Å². The Balaban J connectivity index is 1.73. The fourth-order valence-electron chi connectivity index (χ4n) is 3.52. The van der Waals surface area contributed by atoms with Crippen LogP contribution in [0.4, 0.5) is 14.5 Å². The van der Waals surface area contributed by atoms with Gasteiger partial charge in [-0.2, -0.15) is 5.10 Å². The van der Waals surface area contributed by atoms with Crippen molar-refractivity contribution < 1.29 is 23.5 Å². The third-order valence-corrected chi connectivity index (χ3v) is 4.84. The first-order chi connectivity index (χ1) is 13.8. The van der Waals surface area contributed by atoms with Crippen LogP contribution >= 0.6 is 0 Å². The molecular weight excluding hydrogens is 382 g/mol. The quantitative estimate of drug-likeness (QED) is 0.544. The molecule has 2 aromatic carbocycles. The second kappa shape index (κ2) is 7.01. The van der Waals surface area contributed by atoms with Crippen LogP contribution in [-0.4, -0.2) is 27.1 Å². The highest BCUT2D eigenvalue weighted by Gasteiger charge is 2.34. The molecule has 9 heteroatoms. The van der Waals surface area contributed by atoms with E-state index in [0.29, 0.717) is 10.9 Å². The molecule has 3 aromatic rings. The molecule has 2 amide bonds. The summed E-state index contributed by atoms with van der Waals surface area (Å²) in [4.78, 5) is 25.0. The van der Waals surface area contributed by atoms with Crippen molar-refractivity contribution in [3.8, 4) is 5.75 Å². The maximum atomic E-state index is 14.4. The third kappa shape index (κ3) is 3.42. The maximum Gasteiger partial charge on any atom is 0.254 e. The monoisotopic (exact) mass is 398 g/mol. The Morgan fingerprint density at radius 3 is 2.83 bits per heavy atom. The minimum absolute atomic E-state index is 0.00936. The van der Waals surface area contributed by atoms with Gasteiger partial charge in [0.15, 0.2) is 0 Å². The van der Waals surface area contributed by atoms with E-state index in [2.05, 4.69) is 20.8 Å². The van der Waals surface area contributed by atoms with Gasteiger partial charge < -0.3 is 15.7 Å². The van der Waals surface area contributed by atoms with Gasteiger partial charge >= 0.3 is 0 Å². The number of H-pyrrole nitrogens is 1. The number of phenols is 1. The number of nitrogens with one attached hydrogen (secondary N) is 3. The lowest BCUT2D eigenvalue weighted by Gasteiger charge is -2.27. The van der Waals surface area contributed by atoms with Crippen molar-refractivity contribution in [2.45, 2.75) is 19.3 Å². The van der Waals surface area contributed by atoms with E-state index in [1.165, 1.54) is 37.4 Å². The van der Waals surface area contributed by atoms with Gasteiger partial charge in [0, 0.05) is 35.1 Å². The van der Waals surface area contributed by atoms with E-state index in [1.807, 2.05) is 0 Å². The topological polar surface area (TPSA) is 107 Å². The Bertz CT molecular complexity index is 1190. The van der Waals surface area contributed by atoms with E-state index < -0.39 is 29.4 Å². The van der Waals surface area contributed by atoms with Crippen molar-refractivity contribution in [1.82, 2.24) is 15.5 Å². The van der Waals surface area contributed by atoms with E-state index >= 15 is 0 Å². The molecule has 7 nitrogen and oxygen atoms in total. The summed E-state index contributed by atoms with van der Waals surface area (Å²) in [6.45, 7) is 1.51. The number of fused-ring (bicyclic) bond motifs is 1. The average Bonchev–Trinajstić information content (AvgIpc) is 3.10. The van der Waals surface area contributed by atoms with Gasteiger partial charge in [-0.15, -0.1) is 0 Å². The molecule has 0 spiro atoms. The number of carbonyl (C=O) groups excluding carboxylic acids is 2. The van der Waals surface area contributed by atoms with Crippen molar-refractivity contribution >= 4 is 28.4 Å². The maximum absolute atomic E-state index is 14.4. The Hall–Kier alpha value is -3.75. The lowest BCUT2D eigenvalue weighted by Crippen LogP contribution is -2.35. The van der Waals surface area contributed by atoms with E-state index in [9.17, 15) is 23.5 Å². The fraction of sp³-hybridized carbons (Fsp3) is 0.150. The van der Waals surface area contributed by atoms with Gasteiger partial charge in [0.05, 0.1) is 17.4 Å². The smallest absolute Gasteiger partial charge is 0.254 e. The van der Waals surface area contributed by atoms with Gasteiger partial charge in [-0.05, 0) is 36.8 Å². The Kier molecular flexibility index (Phi) is 4.50. The molecule has 4 N–H and O–H groups in total. The number of allylic oxidation sites excluding steroid dienone is 1. The van der Waals surface area contributed by atoms with E-state index in [0.717, 1.165) is 6.07 Å². The molecule has 148 valence electrons. The summed E-state index contributed by atoms with van der Waals surface area (Å²) in [5.74, 6) is -3.53. The van der Waals surface area contributed by atoms with Crippen LogP contribution in [0.1, 0.15) is 24.8 Å². The van der Waals surface area contributed by atoms with Crippen LogP contribution in [0.3, 0.4) is 0 Å². The van der Waals surface area contributed by atoms with Gasteiger partial charge in [-0.25, -0.2) is 8.78 Å². The molecule has 2 heterocycles. The first-order valence-corrected chi connectivity index (χ1v) is 8.76. The van der Waals surface area contributed by atoms with Gasteiger partial charge in [0.1, 0.15) is 17.4 Å². The third-order valence-electron chi connectivity index (χ3n) is 4.84. The van der Waals surface area contributed by atoms with Crippen molar-refractivity contribution in [2.24, 2.45) is 0 Å². The number of benzene rings is 2. The average molecular weight is 398 g/mol. The highest BCUT2D eigenvalue weighted by atomic mass is 19.1. The molecular formula is C20H16F2N4O3. The minimum atomic E-state index is -0.934. The summed E-state index contributed by atoms with van der Waals surface area (Å²) in [6, 6.07) is 6.04. The van der Waals surface area contributed by atoms with Gasteiger partial charge in [-0.3, -0.25) is 14.7 Å². The predicted molar refractivity (Wildman–Crippen MR) is 101 cm³/mol. The van der Waals surface area contributed by atoms with Crippen molar-refractivity contribution in [2.75, 3.05) is 5.32 Å². The number of anilines is 1. The molecule has 4 rings (SSSR count). The van der Waals surface area contributed by atoms with E-state index in [-0.39, 0.29) is 34.7 Å². The van der Waals surface area contributed by atoms with Crippen LogP contribution in [-0.2, 0) is 9.59 Å². The number of amides is 2. The zero-order valence-corrected chi connectivity index (χ0v) is 15.2. The summed E-state index contributed by atoms with van der Waals surface area (Å²) in [6.07, 6.45) is 1.30. The molecule has 0 bridgehead atoms. The Morgan fingerprint density at radius 1 is 1.24 bits per heavy atom. The van der Waals surface area contributed by atoms with Crippen molar-refractivity contribution in [3.63, 3.8) is 0 Å². The molecule has 0 radical (unpaired) electrons. The molecule has 0 saturated heterocycles. The Morgan fingerprint density at radius 2 is 2.03 bits per heavy atom. The lowest BCUT2D eigenvalue weighted by atomic mass is 9.83. The number of hydrogen-bond acceptors (Lipinski definition) is 4. The van der Waals surface area contributed by atoms with Gasteiger partial charge in [0.2, 0.25) is 5.91 Å². The number of carbonyl (C=O) groups is 2. The molecule has 29 heavy (non-hydrogen) atoms. The second-order valence-electron chi connectivity index (χ2n) is 6.79. The number of aromatic amines is 1. The van der Waals surface area contributed by atoms with Gasteiger partial charge in [-0.1, -0.05) is 0 Å². The molecule has 1 aromatic heterocycles. The summed E-state index contributed by atoms with van der Waals surface area (Å²) in [5.41, 5.74) is 0.726. The number of phenolic OH excluding ortho intramolecular Hbond substituents is 1. The zero-order valence-electron chi connectivity index (χ0n) is 15.2. The molecule has 0 saturated carbocycles. The predicted octanol–water partition coefficient (Wildman–Crippen LogP) is 3.06. The highest BCUT2D eigenvalue weighted by Crippen LogP contribution is 2.36. The standard InChI is InChI=1S/C20H16F2N4O3/c1-9-19(13(6-18(28)24-9)12-5-11(27)2-3-14(12)21)20(29)25-17-4-10-8-23-26-16(10)7-15(17)22/h2-5,7-8,13,27H,6H2,1H3,(H,23,26)(H,24,28)(H,25,29). The van der Waals surface area contributed by atoms with Crippen LogP contribution in [0.25, 0.3) is 10.9 Å². The molecule has 1 unspecified atom stereocenters. The summed E-state index contributed by atoms with van der Waals surface area (Å²) >= 11 is 0. The molecule has 1 atom stereocenters. The van der Waals surface area contributed by atoms with Gasteiger partial charge in [0.25, 0.3) is 5.91 Å². The molecule has 0 aliphatic carbocycles. The molecule has 1 aliphatic rings. The first kappa shape index (κ1) is 18.6. The van der Waals surface area contributed by atoms with Crippen molar-refractivity contribution in [3.05, 3.63) is 65.0 Å². The summed E-state index contributed by atoms with van der Waals surface area (Å²) in [7, 11) is 0. The number of aromatic hydroxyl groups is 1. The fourth-order valence-corrected chi connectivity index (χ4v) is 3.52. The number of hydrogen-bond donors (Lipinski definition) is 4. The number of halogens is 2. The Labute approximate surface area is 163 Å². The van der Waals surface area contributed by atoms with Crippen LogP contribution < -0.4 is 10.6 Å². The van der Waals surface area contributed by atoms with Crippen LogP contribution in [0.5, 0.6) is 5.75 Å². The second-order valence-corrected chi connectivity index (χ2v) is 6.79. The zero-order chi connectivity index (χ0) is 20.7. The molecule has 0 fully saturated rings.